The number of amides is 1. The third kappa shape index (κ3) is 5.35. The zero-order valence-electron chi connectivity index (χ0n) is 20.1. The summed E-state index contributed by atoms with van der Waals surface area (Å²) >= 11 is 14.7. The van der Waals surface area contributed by atoms with Gasteiger partial charge < -0.3 is 19.4 Å². The molecule has 0 bridgehead atoms. The molecule has 1 aliphatic rings. The van der Waals surface area contributed by atoms with E-state index in [0.717, 1.165) is 16.9 Å². The summed E-state index contributed by atoms with van der Waals surface area (Å²) in [4.78, 5) is 28.0. The number of aromatic hydroxyl groups is 1. The highest BCUT2D eigenvalue weighted by Crippen LogP contribution is 2.45. The Kier molecular flexibility index (Phi) is 7.85. The van der Waals surface area contributed by atoms with Crippen molar-refractivity contribution in [2.75, 3.05) is 11.5 Å². The average Bonchev–Trinajstić information content (AvgIpc) is 3.66. The van der Waals surface area contributed by atoms with Crippen molar-refractivity contribution >= 4 is 63.1 Å². The van der Waals surface area contributed by atoms with Crippen molar-refractivity contribution in [3.8, 4) is 11.5 Å². The Labute approximate surface area is 240 Å². The summed E-state index contributed by atoms with van der Waals surface area (Å²) in [6.07, 6.45) is 1.32. The fourth-order valence-corrected chi connectivity index (χ4v) is 6.42. The largest absolute Gasteiger partial charge is 0.504 e. The molecule has 1 unspecified atom stereocenters. The van der Waals surface area contributed by atoms with Gasteiger partial charge in [-0.25, -0.2) is 0 Å². The number of rotatable bonds is 9. The van der Waals surface area contributed by atoms with E-state index in [1.54, 1.807) is 19.1 Å². The predicted octanol–water partition coefficient (Wildman–Crippen LogP) is 6.62. The zero-order valence-corrected chi connectivity index (χ0v) is 23.3. The number of furan rings is 1. The lowest BCUT2D eigenvalue weighted by Crippen LogP contribution is -2.31. The molecule has 0 spiro atoms. The molecule has 0 fully saturated rings. The number of phenolic OH excluding ortho intramolecular Hbond substituents is 1. The number of aliphatic hydroxyl groups excluding tert-OH is 1. The second kappa shape index (κ2) is 11.3. The first-order valence-corrected chi connectivity index (χ1v) is 14.0. The van der Waals surface area contributed by atoms with Crippen LogP contribution >= 0.6 is 46.3 Å². The number of aromatic nitrogens is 2. The number of benzene rings is 2. The van der Waals surface area contributed by atoms with Crippen LogP contribution in [0.25, 0.3) is 0 Å². The quantitative estimate of drug-likeness (QED) is 0.123. The van der Waals surface area contributed by atoms with Gasteiger partial charge in [0.05, 0.1) is 24.5 Å². The lowest BCUT2D eigenvalue weighted by Gasteiger charge is -2.24. The topological polar surface area (TPSA) is 126 Å². The van der Waals surface area contributed by atoms with Gasteiger partial charge in [-0.2, -0.15) is 0 Å². The van der Waals surface area contributed by atoms with Gasteiger partial charge in [-0.15, -0.1) is 10.2 Å². The molecule has 0 saturated heterocycles. The molecule has 1 atom stereocenters. The standard InChI is InChI=1S/C26H19Cl2N3O6S2/c1-2-36-19-10-13(6-8-17(19)32)21-20(22(33)18-4-3-9-37-18)23(34)24(35)31(21)25-29-30-26(39-25)38-12-14-5-7-15(27)11-16(14)28/h3-11,21,32,34H,2,12H2,1H3. The fourth-order valence-electron chi connectivity index (χ4n) is 4.00. The monoisotopic (exact) mass is 603 g/mol. The zero-order chi connectivity index (χ0) is 27.7. The van der Waals surface area contributed by atoms with Crippen LogP contribution in [0.3, 0.4) is 0 Å². The molecule has 4 aromatic rings. The van der Waals surface area contributed by atoms with Crippen LogP contribution in [0.4, 0.5) is 5.13 Å². The van der Waals surface area contributed by atoms with Crippen molar-refractivity contribution in [2.24, 2.45) is 0 Å². The van der Waals surface area contributed by atoms with E-state index in [2.05, 4.69) is 10.2 Å². The normalized spacial score (nSPS) is 15.3. The van der Waals surface area contributed by atoms with Crippen LogP contribution in [-0.4, -0.2) is 38.7 Å². The SMILES string of the molecule is CCOc1cc(C2C(C(=O)c3ccco3)=C(O)C(=O)N2c2nnc(SCc3ccc(Cl)cc3Cl)s2)ccc1O. The van der Waals surface area contributed by atoms with E-state index in [-0.39, 0.29) is 34.6 Å². The molecule has 2 N–H and O–H groups in total. The van der Waals surface area contributed by atoms with Crippen molar-refractivity contribution in [2.45, 2.75) is 23.1 Å². The van der Waals surface area contributed by atoms with Crippen molar-refractivity contribution in [3.63, 3.8) is 0 Å². The van der Waals surface area contributed by atoms with Crippen LogP contribution in [0.5, 0.6) is 11.5 Å². The van der Waals surface area contributed by atoms with E-state index in [9.17, 15) is 19.8 Å². The van der Waals surface area contributed by atoms with E-state index >= 15 is 0 Å². The number of nitrogens with zero attached hydrogens (tertiary/aromatic N) is 3. The number of hydrogen-bond donors (Lipinski definition) is 2. The second-order valence-electron chi connectivity index (χ2n) is 8.18. The molecular weight excluding hydrogens is 585 g/mol. The number of ketones is 1. The van der Waals surface area contributed by atoms with E-state index in [1.165, 1.54) is 53.3 Å². The average molecular weight is 604 g/mol. The molecule has 0 saturated carbocycles. The van der Waals surface area contributed by atoms with Crippen LogP contribution in [0, 0.1) is 0 Å². The number of ether oxygens (including phenoxy) is 1. The van der Waals surface area contributed by atoms with Crippen LogP contribution in [0.1, 0.15) is 34.6 Å². The molecule has 2 aromatic carbocycles. The Hall–Kier alpha value is -3.51. The molecule has 5 rings (SSSR count). The Morgan fingerprint density at radius 2 is 2.00 bits per heavy atom. The van der Waals surface area contributed by atoms with E-state index < -0.39 is 23.5 Å². The molecule has 9 nitrogen and oxygen atoms in total. The van der Waals surface area contributed by atoms with Gasteiger partial charge in [0, 0.05) is 15.8 Å². The summed E-state index contributed by atoms with van der Waals surface area (Å²) in [7, 11) is 0. The number of aliphatic hydroxyl groups is 1. The van der Waals surface area contributed by atoms with Gasteiger partial charge in [0.25, 0.3) is 5.91 Å². The number of phenols is 1. The summed E-state index contributed by atoms with van der Waals surface area (Å²) < 4.78 is 11.3. The van der Waals surface area contributed by atoms with Crippen molar-refractivity contribution in [1.29, 1.82) is 0 Å². The third-order valence-electron chi connectivity index (χ3n) is 5.77. The Balaban J connectivity index is 1.51. The Morgan fingerprint density at radius 3 is 2.72 bits per heavy atom. The number of halogens is 2. The Bertz CT molecular complexity index is 1590. The highest BCUT2D eigenvalue weighted by Gasteiger charge is 2.47. The van der Waals surface area contributed by atoms with Crippen LogP contribution < -0.4 is 9.64 Å². The Morgan fingerprint density at radius 1 is 1.18 bits per heavy atom. The van der Waals surface area contributed by atoms with Gasteiger partial charge in [-0.05, 0) is 54.4 Å². The maximum absolute atomic E-state index is 13.4. The first-order chi connectivity index (χ1) is 18.8. The second-order valence-corrected chi connectivity index (χ2v) is 11.2. The van der Waals surface area contributed by atoms with E-state index in [0.29, 0.717) is 25.7 Å². The summed E-state index contributed by atoms with van der Waals surface area (Å²) in [5.74, 6) is -1.75. The molecule has 200 valence electrons. The minimum absolute atomic E-state index is 0.0478. The number of carbonyl (C=O) groups excluding carboxylic acids is 2. The highest BCUT2D eigenvalue weighted by molar-refractivity contribution is 8.00. The van der Waals surface area contributed by atoms with Crippen LogP contribution in [0.2, 0.25) is 10.0 Å². The van der Waals surface area contributed by atoms with Crippen molar-refractivity contribution in [3.05, 3.63) is 93.1 Å². The van der Waals surface area contributed by atoms with Gasteiger partial charge in [0.1, 0.15) is 0 Å². The smallest absolute Gasteiger partial charge is 0.296 e. The highest BCUT2D eigenvalue weighted by atomic mass is 35.5. The predicted molar refractivity (Wildman–Crippen MR) is 148 cm³/mol. The number of hydrogen-bond acceptors (Lipinski definition) is 10. The molecule has 1 amide bonds. The summed E-state index contributed by atoms with van der Waals surface area (Å²) in [6, 6.07) is 11.5. The molecule has 2 aromatic heterocycles. The maximum atomic E-state index is 13.4. The van der Waals surface area contributed by atoms with Gasteiger partial charge in [0.2, 0.25) is 10.9 Å². The minimum Gasteiger partial charge on any atom is -0.504 e. The summed E-state index contributed by atoms with van der Waals surface area (Å²) in [5, 5.41) is 30.7. The lowest BCUT2D eigenvalue weighted by atomic mass is 9.95. The number of thioether (sulfide) groups is 1. The van der Waals surface area contributed by atoms with Gasteiger partial charge >= 0.3 is 0 Å². The van der Waals surface area contributed by atoms with Crippen LogP contribution in [0.15, 0.2) is 74.9 Å². The van der Waals surface area contributed by atoms with Crippen molar-refractivity contribution in [1.82, 2.24) is 10.2 Å². The summed E-state index contributed by atoms with van der Waals surface area (Å²) in [6.45, 7) is 2.03. The van der Waals surface area contributed by atoms with Crippen molar-refractivity contribution < 1.29 is 29.0 Å². The number of anilines is 1. The first-order valence-electron chi connectivity index (χ1n) is 11.5. The molecule has 3 heterocycles. The third-order valence-corrected chi connectivity index (χ3v) is 8.46. The van der Waals surface area contributed by atoms with Gasteiger partial charge in [0.15, 0.2) is 27.4 Å². The first kappa shape index (κ1) is 27.1. The number of Topliss-reactive ketones (excluding diaryl/α,β-unsaturated/α-hetero) is 1. The molecule has 0 radical (unpaired) electrons. The lowest BCUT2D eigenvalue weighted by molar-refractivity contribution is -0.117. The molecule has 13 heteroatoms. The maximum Gasteiger partial charge on any atom is 0.296 e. The number of carbonyl (C=O) groups is 2. The van der Waals surface area contributed by atoms with E-state index in [4.69, 9.17) is 32.4 Å². The molecule has 0 aliphatic carbocycles. The van der Waals surface area contributed by atoms with E-state index in [1.807, 2.05) is 6.07 Å². The van der Waals surface area contributed by atoms with Gasteiger partial charge in [-0.3, -0.25) is 14.5 Å². The minimum atomic E-state index is -1.09. The van der Waals surface area contributed by atoms with Gasteiger partial charge in [-0.1, -0.05) is 58.4 Å². The molecule has 39 heavy (non-hydrogen) atoms. The molecule has 1 aliphatic heterocycles. The fraction of sp³-hybridized carbons (Fsp3) is 0.154. The van der Waals surface area contributed by atoms with Crippen LogP contribution in [-0.2, 0) is 10.5 Å². The molecular formula is C26H19Cl2N3O6S2. The summed E-state index contributed by atoms with van der Waals surface area (Å²) in [5.41, 5.74) is 1.05.